The van der Waals surface area contributed by atoms with Gasteiger partial charge in [-0.25, -0.2) is 4.79 Å². The van der Waals surface area contributed by atoms with E-state index in [4.69, 9.17) is 10.8 Å². The van der Waals surface area contributed by atoms with Gasteiger partial charge in [0.2, 0.25) is 0 Å². The van der Waals surface area contributed by atoms with Gasteiger partial charge in [-0.05, 0) is 11.8 Å². The summed E-state index contributed by atoms with van der Waals surface area (Å²) < 4.78 is 0. The molecular weight excluding hydrogens is 172 g/mol. The Morgan fingerprint density at radius 2 is 2.15 bits per heavy atom. The molecule has 0 spiro atoms. The monoisotopic (exact) mass is 190 g/mol. The SMILES string of the molecule is CC(C)(C)C(N)CCONC(=O)O. The Morgan fingerprint density at radius 3 is 2.54 bits per heavy atom. The molecule has 0 aliphatic rings. The first-order valence-corrected chi connectivity index (χ1v) is 4.20. The molecule has 4 N–H and O–H groups in total. The summed E-state index contributed by atoms with van der Waals surface area (Å²) in [6, 6.07) is 0.00287. The number of amides is 1. The lowest BCUT2D eigenvalue weighted by Crippen LogP contribution is -2.36. The van der Waals surface area contributed by atoms with Crippen molar-refractivity contribution in [3.05, 3.63) is 0 Å². The van der Waals surface area contributed by atoms with E-state index in [0.29, 0.717) is 13.0 Å². The Hall–Kier alpha value is -0.810. The number of carbonyl (C=O) groups is 1. The van der Waals surface area contributed by atoms with E-state index in [2.05, 4.69) is 4.84 Å². The summed E-state index contributed by atoms with van der Waals surface area (Å²) in [6.07, 6.45) is -0.562. The lowest BCUT2D eigenvalue weighted by molar-refractivity contribution is 0.0342. The molecule has 0 radical (unpaired) electrons. The largest absolute Gasteiger partial charge is 0.464 e. The van der Waals surface area contributed by atoms with Crippen LogP contribution in [0.25, 0.3) is 0 Å². The zero-order chi connectivity index (χ0) is 10.5. The summed E-state index contributed by atoms with van der Waals surface area (Å²) in [4.78, 5) is 14.6. The third-order valence-corrected chi connectivity index (χ3v) is 1.80. The van der Waals surface area contributed by atoms with Crippen molar-refractivity contribution in [2.75, 3.05) is 6.61 Å². The molecule has 0 saturated heterocycles. The van der Waals surface area contributed by atoms with E-state index in [0.717, 1.165) is 0 Å². The summed E-state index contributed by atoms with van der Waals surface area (Å²) in [5.74, 6) is 0. The summed E-state index contributed by atoms with van der Waals surface area (Å²) >= 11 is 0. The van der Waals surface area contributed by atoms with Gasteiger partial charge in [0.1, 0.15) is 0 Å². The lowest BCUT2D eigenvalue weighted by Gasteiger charge is -2.26. The van der Waals surface area contributed by atoms with Crippen LogP contribution < -0.4 is 11.2 Å². The number of nitrogens with one attached hydrogen (secondary N) is 1. The van der Waals surface area contributed by atoms with Gasteiger partial charge in [0.05, 0.1) is 6.61 Å². The summed E-state index contributed by atoms with van der Waals surface area (Å²) in [6.45, 7) is 6.39. The van der Waals surface area contributed by atoms with E-state index in [1.54, 1.807) is 0 Å². The highest BCUT2D eigenvalue weighted by Crippen LogP contribution is 2.19. The number of rotatable bonds is 4. The predicted octanol–water partition coefficient (Wildman–Crippen LogP) is 0.949. The maximum absolute atomic E-state index is 9.97. The third-order valence-electron chi connectivity index (χ3n) is 1.80. The Kier molecular flexibility index (Phi) is 4.72. The van der Waals surface area contributed by atoms with Crippen LogP contribution in [0.3, 0.4) is 0 Å². The predicted molar refractivity (Wildman–Crippen MR) is 49.2 cm³/mol. The van der Waals surface area contributed by atoms with Gasteiger partial charge < -0.3 is 10.8 Å². The highest BCUT2D eigenvalue weighted by atomic mass is 16.7. The average molecular weight is 190 g/mol. The zero-order valence-corrected chi connectivity index (χ0v) is 8.33. The van der Waals surface area contributed by atoms with Crippen molar-refractivity contribution in [2.24, 2.45) is 11.1 Å². The number of hydrogen-bond acceptors (Lipinski definition) is 3. The molecule has 1 unspecified atom stereocenters. The van der Waals surface area contributed by atoms with E-state index in [-0.39, 0.29) is 11.5 Å². The van der Waals surface area contributed by atoms with Crippen LogP contribution in [0.15, 0.2) is 0 Å². The van der Waals surface area contributed by atoms with Crippen molar-refractivity contribution in [3.63, 3.8) is 0 Å². The van der Waals surface area contributed by atoms with Gasteiger partial charge in [-0.15, -0.1) is 0 Å². The van der Waals surface area contributed by atoms with E-state index < -0.39 is 6.09 Å². The van der Waals surface area contributed by atoms with Gasteiger partial charge in [-0.3, -0.25) is 4.84 Å². The second-order valence-corrected chi connectivity index (χ2v) is 4.02. The number of hydroxylamine groups is 1. The summed E-state index contributed by atoms with van der Waals surface area (Å²) in [7, 11) is 0. The molecule has 13 heavy (non-hydrogen) atoms. The molecule has 1 atom stereocenters. The normalized spacial score (nSPS) is 13.8. The molecule has 5 nitrogen and oxygen atoms in total. The molecule has 0 heterocycles. The molecular formula is C8H18N2O3. The smallest absolute Gasteiger partial charge is 0.428 e. The van der Waals surface area contributed by atoms with Crippen molar-refractivity contribution in [1.82, 2.24) is 5.48 Å². The quantitative estimate of drug-likeness (QED) is 0.455. The van der Waals surface area contributed by atoms with Crippen molar-refractivity contribution in [1.29, 1.82) is 0 Å². The zero-order valence-electron chi connectivity index (χ0n) is 8.33. The van der Waals surface area contributed by atoms with Gasteiger partial charge in [0.25, 0.3) is 0 Å². The molecule has 78 valence electrons. The van der Waals surface area contributed by atoms with Gasteiger partial charge in [-0.2, -0.15) is 5.48 Å². The van der Waals surface area contributed by atoms with Crippen LogP contribution in [-0.2, 0) is 4.84 Å². The molecule has 0 aromatic carbocycles. The molecule has 0 fully saturated rings. The molecule has 1 amide bonds. The first-order valence-electron chi connectivity index (χ1n) is 4.20. The van der Waals surface area contributed by atoms with Crippen LogP contribution in [0.4, 0.5) is 4.79 Å². The minimum absolute atomic E-state index is 0.00287. The van der Waals surface area contributed by atoms with Crippen LogP contribution in [0.2, 0.25) is 0 Å². The highest BCUT2D eigenvalue weighted by molar-refractivity contribution is 5.62. The first kappa shape index (κ1) is 12.2. The fourth-order valence-corrected chi connectivity index (χ4v) is 0.732. The Bertz CT molecular complexity index is 165. The molecule has 0 aliphatic carbocycles. The van der Waals surface area contributed by atoms with Crippen molar-refractivity contribution in [3.8, 4) is 0 Å². The average Bonchev–Trinajstić information content (AvgIpc) is 1.95. The van der Waals surface area contributed by atoms with Crippen LogP contribution in [0, 0.1) is 5.41 Å². The maximum Gasteiger partial charge on any atom is 0.428 e. The van der Waals surface area contributed by atoms with Gasteiger partial charge in [0.15, 0.2) is 0 Å². The van der Waals surface area contributed by atoms with E-state index in [9.17, 15) is 4.79 Å². The fourth-order valence-electron chi connectivity index (χ4n) is 0.732. The number of nitrogens with two attached hydrogens (primary N) is 1. The van der Waals surface area contributed by atoms with Crippen LogP contribution >= 0.6 is 0 Å². The van der Waals surface area contributed by atoms with Gasteiger partial charge in [0, 0.05) is 6.04 Å². The maximum atomic E-state index is 9.97. The molecule has 0 bridgehead atoms. The Balaban J connectivity index is 3.49. The highest BCUT2D eigenvalue weighted by Gasteiger charge is 2.19. The minimum atomic E-state index is -1.19. The van der Waals surface area contributed by atoms with Crippen molar-refractivity contribution >= 4 is 6.09 Å². The van der Waals surface area contributed by atoms with E-state index in [1.165, 1.54) is 0 Å². The second kappa shape index (κ2) is 5.04. The van der Waals surface area contributed by atoms with E-state index >= 15 is 0 Å². The summed E-state index contributed by atoms with van der Waals surface area (Å²) in [5, 5.41) is 8.17. The van der Waals surface area contributed by atoms with Crippen molar-refractivity contribution in [2.45, 2.75) is 33.2 Å². The van der Waals surface area contributed by atoms with Crippen molar-refractivity contribution < 1.29 is 14.7 Å². The second-order valence-electron chi connectivity index (χ2n) is 4.02. The van der Waals surface area contributed by atoms with Crippen LogP contribution in [-0.4, -0.2) is 23.8 Å². The molecule has 0 aromatic heterocycles. The fraction of sp³-hybridized carbons (Fsp3) is 0.875. The summed E-state index contributed by atoms with van der Waals surface area (Å²) in [5.41, 5.74) is 7.65. The van der Waals surface area contributed by atoms with Gasteiger partial charge >= 0.3 is 6.09 Å². The van der Waals surface area contributed by atoms with Crippen LogP contribution in [0.1, 0.15) is 27.2 Å². The standard InChI is InChI=1S/C8H18N2O3/c1-8(2,3)6(9)4-5-13-10-7(11)12/h6,10H,4-5,9H2,1-3H3,(H,11,12). The Morgan fingerprint density at radius 1 is 1.62 bits per heavy atom. The molecule has 0 rings (SSSR count). The van der Waals surface area contributed by atoms with Crippen LogP contribution in [0.5, 0.6) is 0 Å². The first-order chi connectivity index (χ1) is 5.84. The minimum Gasteiger partial charge on any atom is -0.464 e. The number of hydrogen-bond donors (Lipinski definition) is 3. The Labute approximate surface area is 78.2 Å². The molecule has 5 heteroatoms. The molecule has 0 aliphatic heterocycles. The van der Waals surface area contributed by atoms with Gasteiger partial charge in [-0.1, -0.05) is 20.8 Å². The molecule has 0 saturated carbocycles. The third kappa shape index (κ3) is 6.36. The number of carboxylic acid groups (broad SMARTS) is 1. The topological polar surface area (TPSA) is 84.6 Å². The lowest BCUT2D eigenvalue weighted by atomic mass is 9.86. The van der Waals surface area contributed by atoms with E-state index in [1.807, 2.05) is 26.3 Å². The molecule has 0 aromatic rings.